The standard InChI is InChI=1S/C12H15N3O3/c13-7-2-8-14-12(16)6-5-10-3-1-4-11(9-10)15(17)18/h1,3-6,9H,2,7-8,13H2,(H,14,16). The van der Waals surface area contributed by atoms with E-state index in [0.29, 0.717) is 18.7 Å². The Labute approximate surface area is 105 Å². The summed E-state index contributed by atoms with van der Waals surface area (Å²) in [5.74, 6) is -0.241. The van der Waals surface area contributed by atoms with Gasteiger partial charge in [-0.25, -0.2) is 0 Å². The Morgan fingerprint density at radius 2 is 2.28 bits per heavy atom. The highest BCUT2D eigenvalue weighted by atomic mass is 16.6. The van der Waals surface area contributed by atoms with Crippen molar-refractivity contribution in [3.05, 3.63) is 46.0 Å². The minimum atomic E-state index is -0.474. The fourth-order valence-corrected chi connectivity index (χ4v) is 1.29. The van der Waals surface area contributed by atoms with Crippen molar-refractivity contribution in [3.63, 3.8) is 0 Å². The average molecular weight is 249 g/mol. The van der Waals surface area contributed by atoms with Gasteiger partial charge in [0.15, 0.2) is 0 Å². The maximum atomic E-state index is 11.3. The van der Waals surface area contributed by atoms with Crippen LogP contribution in [-0.4, -0.2) is 23.9 Å². The maximum absolute atomic E-state index is 11.3. The third-order valence-corrected chi connectivity index (χ3v) is 2.19. The van der Waals surface area contributed by atoms with Gasteiger partial charge in [-0.15, -0.1) is 0 Å². The molecule has 0 spiro atoms. The molecule has 0 aliphatic rings. The van der Waals surface area contributed by atoms with E-state index in [4.69, 9.17) is 5.73 Å². The lowest BCUT2D eigenvalue weighted by Crippen LogP contribution is -2.23. The van der Waals surface area contributed by atoms with Crippen LogP contribution in [-0.2, 0) is 4.79 Å². The quantitative estimate of drug-likeness (QED) is 0.341. The molecule has 1 aromatic carbocycles. The number of hydrogen-bond acceptors (Lipinski definition) is 4. The first kappa shape index (κ1) is 13.9. The van der Waals surface area contributed by atoms with Gasteiger partial charge in [0.25, 0.3) is 5.69 Å². The van der Waals surface area contributed by atoms with Crippen LogP contribution in [0.3, 0.4) is 0 Å². The molecule has 0 aromatic heterocycles. The highest BCUT2D eigenvalue weighted by Gasteiger charge is 2.03. The van der Waals surface area contributed by atoms with E-state index in [9.17, 15) is 14.9 Å². The number of nitrogens with zero attached hydrogens (tertiary/aromatic N) is 1. The summed E-state index contributed by atoms with van der Waals surface area (Å²) in [6.45, 7) is 1.05. The van der Waals surface area contributed by atoms with E-state index < -0.39 is 4.92 Å². The van der Waals surface area contributed by atoms with Crippen LogP contribution < -0.4 is 11.1 Å². The molecule has 1 rings (SSSR count). The molecule has 0 heterocycles. The van der Waals surface area contributed by atoms with Gasteiger partial charge in [-0.05, 0) is 24.6 Å². The molecular weight excluding hydrogens is 234 g/mol. The Bertz CT molecular complexity index is 458. The molecule has 0 saturated heterocycles. The van der Waals surface area contributed by atoms with Crippen LogP contribution in [0.1, 0.15) is 12.0 Å². The van der Waals surface area contributed by atoms with Gasteiger partial charge in [0.2, 0.25) is 5.91 Å². The van der Waals surface area contributed by atoms with Crippen LogP contribution in [0.5, 0.6) is 0 Å². The summed E-state index contributed by atoms with van der Waals surface area (Å²) in [6.07, 6.45) is 3.59. The molecule has 0 radical (unpaired) electrons. The fourth-order valence-electron chi connectivity index (χ4n) is 1.29. The Kier molecular flexibility index (Phi) is 5.53. The van der Waals surface area contributed by atoms with Crippen molar-refractivity contribution in [1.29, 1.82) is 0 Å². The molecule has 0 fully saturated rings. The van der Waals surface area contributed by atoms with Gasteiger partial charge in [-0.2, -0.15) is 0 Å². The second kappa shape index (κ2) is 7.18. The summed E-state index contributed by atoms with van der Waals surface area (Å²) in [4.78, 5) is 21.4. The molecule has 0 aliphatic heterocycles. The third-order valence-electron chi connectivity index (χ3n) is 2.19. The minimum Gasteiger partial charge on any atom is -0.353 e. The molecule has 6 nitrogen and oxygen atoms in total. The number of rotatable bonds is 6. The van der Waals surface area contributed by atoms with Gasteiger partial charge in [0.1, 0.15) is 0 Å². The smallest absolute Gasteiger partial charge is 0.270 e. The van der Waals surface area contributed by atoms with Crippen LogP contribution in [0, 0.1) is 10.1 Å². The summed E-state index contributed by atoms with van der Waals surface area (Å²) in [7, 11) is 0. The first-order valence-corrected chi connectivity index (χ1v) is 5.54. The molecule has 3 N–H and O–H groups in total. The van der Waals surface area contributed by atoms with Gasteiger partial charge in [-0.3, -0.25) is 14.9 Å². The van der Waals surface area contributed by atoms with Crippen molar-refractivity contribution < 1.29 is 9.72 Å². The third kappa shape index (κ3) is 4.75. The van der Waals surface area contributed by atoms with Crippen LogP contribution in [0.4, 0.5) is 5.69 Å². The van der Waals surface area contributed by atoms with Crippen molar-refractivity contribution >= 4 is 17.7 Å². The Morgan fingerprint density at radius 3 is 2.94 bits per heavy atom. The lowest BCUT2D eigenvalue weighted by molar-refractivity contribution is -0.384. The number of carbonyl (C=O) groups is 1. The summed E-state index contributed by atoms with van der Waals surface area (Å²) >= 11 is 0. The molecule has 96 valence electrons. The van der Waals surface area contributed by atoms with Crippen LogP contribution in [0.25, 0.3) is 6.08 Å². The Hall–Kier alpha value is -2.21. The molecule has 0 atom stereocenters. The van der Waals surface area contributed by atoms with Crippen LogP contribution in [0.15, 0.2) is 30.3 Å². The molecule has 1 amide bonds. The first-order chi connectivity index (χ1) is 8.63. The van der Waals surface area contributed by atoms with Gasteiger partial charge in [-0.1, -0.05) is 12.1 Å². The zero-order chi connectivity index (χ0) is 13.4. The largest absolute Gasteiger partial charge is 0.353 e. The molecule has 0 aliphatic carbocycles. The van der Waals surface area contributed by atoms with E-state index in [1.165, 1.54) is 24.3 Å². The van der Waals surface area contributed by atoms with Gasteiger partial charge in [0.05, 0.1) is 4.92 Å². The molecule has 1 aromatic rings. The highest BCUT2D eigenvalue weighted by molar-refractivity contribution is 5.91. The predicted octanol–water partition coefficient (Wildman–Crippen LogP) is 1.07. The SMILES string of the molecule is NCCCNC(=O)C=Cc1cccc([N+](=O)[O-])c1. The van der Waals surface area contributed by atoms with E-state index in [-0.39, 0.29) is 11.6 Å². The Morgan fingerprint density at radius 1 is 1.50 bits per heavy atom. The van der Waals surface area contributed by atoms with Crippen molar-refractivity contribution in [2.75, 3.05) is 13.1 Å². The molecule has 0 unspecified atom stereocenters. The summed E-state index contributed by atoms with van der Waals surface area (Å²) < 4.78 is 0. The number of nitrogens with two attached hydrogens (primary N) is 1. The monoisotopic (exact) mass is 249 g/mol. The van der Waals surface area contributed by atoms with Crippen molar-refractivity contribution in [2.24, 2.45) is 5.73 Å². The summed E-state index contributed by atoms with van der Waals surface area (Å²) in [6, 6.07) is 6.07. The lowest BCUT2D eigenvalue weighted by Gasteiger charge is -1.99. The van der Waals surface area contributed by atoms with Gasteiger partial charge < -0.3 is 11.1 Å². The number of non-ortho nitro benzene ring substituents is 1. The average Bonchev–Trinajstić information content (AvgIpc) is 2.37. The van der Waals surface area contributed by atoms with E-state index in [1.54, 1.807) is 12.1 Å². The number of nitro benzene ring substituents is 1. The van der Waals surface area contributed by atoms with Crippen molar-refractivity contribution in [1.82, 2.24) is 5.32 Å². The van der Waals surface area contributed by atoms with E-state index in [1.807, 2.05) is 0 Å². The van der Waals surface area contributed by atoms with Crippen LogP contribution >= 0.6 is 0 Å². The lowest BCUT2D eigenvalue weighted by atomic mass is 10.2. The fraction of sp³-hybridized carbons (Fsp3) is 0.250. The topological polar surface area (TPSA) is 98.3 Å². The molecular formula is C12H15N3O3. The number of nitrogens with one attached hydrogen (secondary N) is 1. The van der Waals surface area contributed by atoms with Crippen molar-refractivity contribution in [2.45, 2.75) is 6.42 Å². The van der Waals surface area contributed by atoms with E-state index in [2.05, 4.69) is 5.32 Å². The number of carbonyl (C=O) groups excluding carboxylic acids is 1. The zero-order valence-electron chi connectivity index (χ0n) is 9.83. The summed E-state index contributed by atoms with van der Waals surface area (Å²) in [5, 5.41) is 13.2. The number of nitro groups is 1. The highest BCUT2D eigenvalue weighted by Crippen LogP contribution is 2.13. The summed E-state index contributed by atoms with van der Waals surface area (Å²) in [5.41, 5.74) is 5.90. The van der Waals surface area contributed by atoms with Crippen LogP contribution in [0.2, 0.25) is 0 Å². The number of hydrogen-bond donors (Lipinski definition) is 2. The molecule has 0 bridgehead atoms. The predicted molar refractivity (Wildman–Crippen MR) is 68.8 cm³/mol. The number of benzene rings is 1. The maximum Gasteiger partial charge on any atom is 0.270 e. The molecule has 6 heteroatoms. The molecule has 0 saturated carbocycles. The van der Waals surface area contributed by atoms with E-state index >= 15 is 0 Å². The zero-order valence-corrected chi connectivity index (χ0v) is 9.83. The van der Waals surface area contributed by atoms with Gasteiger partial charge >= 0.3 is 0 Å². The Balaban J connectivity index is 2.58. The minimum absolute atomic E-state index is 0.000639. The van der Waals surface area contributed by atoms with Gasteiger partial charge in [0, 0.05) is 24.8 Å². The molecule has 18 heavy (non-hydrogen) atoms. The van der Waals surface area contributed by atoms with E-state index in [0.717, 1.165) is 6.42 Å². The normalized spacial score (nSPS) is 10.5. The number of amides is 1. The van der Waals surface area contributed by atoms with Crippen molar-refractivity contribution in [3.8, 4) is 0 Å². The first-order valence-electron chi connectivity index (χ1n) is 5.54. The second-order valence-electron chi connectivity index (χ2n) is 3.62. The second-order valence-corrected chi connectivity index (χ2v) is 3.62.